The second kappa shape index (κ2) is 3.74. The second-order valence-corrected chi connectivity index (χ2v) is 2.63. The summed E-state index contributed by atoms with van der Waals surface area (Å²) in [4.78, 5) is 3.34. The van der Waals surface area contributed by atoms with Gasteiger partial charge in [-0.2, -0.15) is 0 Å². The van der Waals surface area contributed by atoms with Crippen LogP contribution in [0, 0.1) is 0 Å². The van der Waals surface area contributed by atoms with E-state index in [1.807, 2.05) is 0 Å². The fourth-order valence-corrected chi connectivity index (χ4v) is 1.05. The van der Waals surface area contributed by atoms with Crippen LogP contribution < -0.4 is 5.73 Å². The number of aromatic nitrogens is 1. The molecule has 0 spiro atoms. The molecule has 3 N–H and O–H groups in total. The van der Waals surface area contributed by atoms with Gasteiger partial charge in [-0.3, -0.25) is 4.98 Å². The molecule has 0 aliphatic heterocycles. The number of pyridine rings is 1. The Labute approximate surface area is 78.1 Å². The molecular formula is C7H7ClF2N2O. The molecular weight excluding hydrogens is 202 g/mol. The SMILES string of the molecule is Nc1c(CCl)cnc(C(F)F)c1O. The first-order chi connectivity index (χ1) is 6.07. The number of anilines is 1. The van der Waals surface area contributed by atoms with Crippen LogP contribution >= 0.6 is 11.6 Å². The fraction of sp³-hybridized carbons (Fsp3) is 0.286. The van der Waals surface area contributed by atoms with Gasteiger partial charge in [0.1, 0.15) is 5.69 Å². The summed E-state index contributed by atoms with van der Waals surface area (Å²) in [6.45, 7) is 0. The maximum atomic E-state index is 12.1. The third-order valence-electron chi connectivity index (χ3n) is 1.55. The standard InChI is InChI=1S/C7H7ClF2N2O/c8-1-3-2-12-5(7(9)10)6(13)4(3)11/h2,7,13H,1H2,(H2,11,12). The molecule has 0 atom stereocenters. The Balaban J connectivity index is 3.23. The smallest absolute Gasteiger partial charge is 0.284 e. The van der Waals surface area contributed by atoms with Crippen LogP contribution in [-0.2, 0) is 5.88 Å². The highest BCUT2D eigenvalue weighted by Gasteiger charge is 2.18. The van der Waals surface area contributed by atoms with Crippen molar-refractivity contribution in [3.8, 4) is 5.75 Å². The van der Waals surface area contributed by atoms with Crippen molar-refractivity contribution in [2.45, 2.75) is 12.3 Å². The Morgan fingerprint density at radius 1 is 1.62 bits per heavy atom. The van der Waals surface area contributed by atoms with Gasteiger partial charge in [-0.25, -0.2) is 8.78 Å². The summed E-state index contributed by atoms with van der Waals surface area (Å²) < 4.78 is 24.3. The van der Waals surface area contributed by atoms with E-state index in [9.17, 15) is 8.78 Å². The van der Waals surface area contributed by atoms with Gasteiger partial charge < -0.3 is 10.8 Å². The summed E-state index contributed by atoms with van der Waals surface area (Å²) in [5.41, 5.74) is 4.81. The molecule has 0 aliphatic rings. The van der Waals surface area contributed by atoms with Crippen molar-refractivity contribution < 1.29 is 13.9 Å². The van der Waals surface area contributed by atoms with E-state index in [4.69, 9.17) is 22.4 Å². The van der Waals surface area contributed by atoms with Crippen LogP contribution in [0.4, 0.5) is 14.5 Å². The number of nitrogen functional groups attached to an aromatic ring is 1. The Morgan fingerprint density at radius 2 is 2.23 bits per heavy atom. The van der Waals surface area contributed by atoms with Gasteiger partial charge in [0.15, 0.2) is 5.75 Å². The summed E-state index contributed by atoms with van der Waals surface area (Å²) in [6, 6.07) is 0. The monoisotopic (exact) mass is 208 g/mol. The van der Waals surface area contributed by atoms with Crippen LogP contribution in [0.3, 0.4) is 0 Å². The molecule has 1 aromatic heterocycles. The first-order valence-corrected chi connectivity index (χ1v) is 3.91. The van der Waals surface area contributed by atoms with E-state index in [0.29, 0.717) is 5.56 Å². The lowest BCUT2D eigenvalue weighted by atomic mass is 10.2. The van der Waals surface area contributed by atoms with Gasteiger partial charge in [0, 0.05) is 11.8 Å². The maximum absolute atomic E-state index is 12.1. The molecule has 0 fully saturated rings. The van der Waals surface area contributed by atoms with Crippen molar-refractivity contribution in [1.29, 1.82) is 0 Å². The van der Waals surface area contributed by atoms with Gasteiger partial charge in [-0.05, 0) is 0 Å². The molecule has 1 aromatic rings. The predicted molar refractivity (Wildman–Crippen MR) is 44.8 cm³/mol. The van der Waals surface area contributed by atoms with Crippen molar-refractivity contribution in [3.05, 3.63) is 17.5 Å². The van der Waals surface area contributed by atoms with Crippen LogP contribution in [0.2, 0.25) is 0 Å². The zero-order chi connectivity index (χ0) is 10.0. The zero-order valence-corrected chi connectivity index (χ0v) is 7.22. The van der Waals surface area contributed by atoms with Gasteiger partial charge in [-0.15, -0.1) is 11.6 Å². The Bertz CT molecular complexity index is 320. The number of hydrogen-bond acceptors (Lipinski definition) is 3. The van der Waals surface area contributed by atoms with Crippen LogP contribution in [0.25, 0.3) is 0 Å². The molecule has 0 bridgehead atoms. The molecule has 6 heteroatoms. The molecule has 0 aromatic carbocycles. The molecule has 0 radical (unpaired) electrons. The summed E-state index contributed by atoms with van der Waals surface area (Å²) in [7, 11) is 0. The van der Waals surface area contributed by atoms with Gasteiger partial charge >= 0.3 is 0 Å². The van der Waals surface area contributed by atoms with Crippen molar-refractivity contribution in [2.75, 3.05) is 5.73 Å². The number of halogens is 3. The Morgan fingerprint density at radius 3 is 2.69 bits per heavy atom. The average molecular weight is 209 g/mol. The Hall–Kier alpha value is -1.10. The van der Waals surface area contributed by atoms with E-state index in [-0.39, 0.29) is 11.6 Å². The molecule has 0 saturated carbocycles. The zero-order valence-electron chi connectivity index (χ0n) is 6.47. The lowest BCUT2D eigenvalue weighted by Crippen LogP contribution is -1.99. The number of hydrogen-bond donors (Lipinski definition) is 2. The molecule has 0 saturated heterocycles. The number of rotatable bonds is 2. The molecule has 72 valence electrons. The summed E-state index contributed by atoms with van der Waals surface area (Å²) in [5.74, 6) is -0.663. The third kappa shape index (κ3) is 1.80. The minimum atomic E-state index is -2.84. The summed E-state index contributed by atoms with van der Waals surface area (Å²) >= 11 is 5.42. The van der Waals surface area contributed by atoms with Crippen molar-refractivity contribution in [3.63, 3.8) is 0 Å². The van der Waals surface area contributed by atoms with Gasteiger partial charge in [0.2, 0.25) is 0 Å². The molecule has 0 amide bonds. The number of nitrogens with two attached hydrogens (primary N) is 1. The minimum absolute atomic E-state index is 0.0237. The largest absolute Gasteiger partial charge is 0.504 e. The van der Waals surface area contributed by atoms with Gasteiger partial charge in [0.05, 0.1) is 11.6 Å². The van der Waals surface area contributed by atoms with E-state index >= 15 is 0 Å². The van der Waals surface area contributed by atoms with Crippen molar-refractivity contribution >= 4 is 17.3 Å². The van der Waals surface area contributed by atoms with E-state index in [0.717, 1.165) is 6.20 Å². The van der Waals surface area contributed by atoms with E-state index in [2.05, 4.69) is 4.98 Å². The van der Waals surface area contributed by atoms with Gasteiger partial charge in [0.25, 0.3) is 6.43 Å². The molecule has 0 unspecified atom stereocenters. The Kier molecular flexibility index (Phi) is 2.87. The highest BCUT2D eigenvalue weighted by atomic mass is 35.5. The van der Waals surface area contributed by atoms with Crippen molar-refractivity contribution in [1.82, 2.24) is 4.98 Å². The van der Waals surface area contributed by atoms with Crippen molar-refractivity contribution in [2.24, 2.45) is 0 Å². The highest BCUT2D eigenvalue weighted by Crippen LogP contribution is 2.33. The summed E-state index contributed by atoms with van der Waals surface area (Å²) in [6.07, 6.45) is -1.71. The number of alkyl halides is 3. The highest BCUT2D eigenvalue weighted by molar-refractivity contribution is 6.17. The molecule has 3 nitrogen and oxygen atoms in total. The number of nitrogens with zero attached hydrogens (tertiary/aromatic N) is 1. The minimum Gasteiger partial charge on any atom is -0.504 e. The lowest BCUT2D eigenvalue weighted by molar-refractivity contribution is 0.142. The van der Waals surface area contributed by atoms with E-state index in [1.165, 1.54) is 0 Å². The normalized spacial score (nSPS) is 10.8. The molecule has 0 aliphatic carbocycles. The lowest BCUT2D eigenvalue weighted by Gasteiger charge is -2.07. The van der Waals surface area contributed by atoms with Crippen LogP contribution in [0.15, 0.2) is 6.20 Å². The molecule has 13 heavy (non-hydrogen) atoms. The summed E-state index contributed by atoms with van der Waals surface area (Å²) in [5, 5.41) is 9.15. The van der Waals surface area contributed by atoms with Crippen LogP contribution in [-0.4, -0.2) is 10.1 Å². The fourth-order valence-electron chi connectivity index (χ4n) is 0.834. The quantitative estimate of drug-likeness (QED) is 0.732. The van der Waals surface area contributed by atoms with Gasteiger partial charge in [-0.1, -0.05) is 0 Å². The third-order valence-corrected chi connectivity index (χ3v) is 1.84. The predicted octanol–water partition coefficient (Wildman–Crippen LogP) is 2.05. The molecule has 1 heterocycles. The first kappa shape index (κ1) is 9.98. The molecule has 1 rings (SSSR count). The average Bonchev–Trinajstić information content (AvgIpc) is 2.09. The maximum Gasteiger partial charge on any atom is 0.284 e. The number of aromatic hydroxyl groups is 1. The van der Waals surface area contributed by atoms with Crippen LogP contribution in [0.5, 0.6) is 5.75 Å². The second-order valence-electron chi connectivity index (χ2n) is 2.37. The van der Waals surface area contributed by atoms with E-state index in [1.54, 1.807) is 0 Å². The van der Waals surface area contributed by atoms with E-state index < -0.39 is 17.9 Å². The topological polar surface area (TPSA) is 59.1 Å². The van der Waals surface area contributed by atoms with Crippen LogP contribution in [0.1, 0.15) is 17.7 Å². The first-order valence-electron chi connectivity index (χ1n) is 3.38.